The third kappa shape index (κ3) is 8.23. The lowest BCUT2D eigenvalue weighted by molar-refractivity contribution is -0.0501. The molecular formula is C34H41F4N5O7S. The zero-order valence-electron chi connectivity index (χ0n) is 29.4. The summed E-state index contributed by atoms with van der Waals surface area (Å²) in [5.74, 6) is -2.93. The van der Waals surface area contributed by atoms with Crippen LogP contribution < -0.4 is 19.1 Å². The molecule has 1 N–H and O–H groups in total. The van der Waals surface area contributed by atoms with Crippen LogP contribution in [0.3, 0.4) is 0 Å². The van der Waals surface area contributed by atoms with E-state index in [0.717, 1.165) is 18.9 Å². The zero-order valence-corrected chi connectivity index (χ0v) is 30.2. The summed E-state index contributed by atoms with van der Waals surface area (Å²) in [6, 6.07) is 4.30. The van der Waals surface area contributed by atoms with Gasteiger partial charge in [0.1, 0.15) is 11.2 Å². The number of nitrogens with zero attached hydrogens (tertiary/aromatic N) is 4. The number of nitrogens with one attached hydrogen (secondary N) is 1. The number of fused-ring (bicyclic) bond motifs is 1. The van der Waals surface area contributed by atoms with E-state index in [-0.39, 0.29) is 48.5 Å². The summed E-state index contributed by atoms with van der Waals surface area (Å²) in [6.45, 7) is 10.7. The van der Waals surface area contributed by atoms with Crippen molar-refractivity contribution in [3.05, 3.63) is 52.6 Å². The monoisotopic (exact) mass is 739 g/mol. The maximum atomic E-state index is 14.4. The first-order valence-electron chi connectivity index (χ1n) is 16.5. The number of carbonyl (C=O) groups is 2. The van der Waals surface area contributed by atoms with Crippen molar-refractivity contribution in [2.45, 2.75) is 89.9 Å². The molecule has 1 aromatic carbocycles. The van der Waals surface area contributed by atoms with E-state index in [4.69, 9.17) is 13.7 Å². The van der Waals surface area contributed by atoms with Gasteiger partial charge in [0.05, 0.1) is 30.0 Å². The normalized spacial score (nSPS) is 17.9. The number of hydrogen-bond donors (Lipinski definition) is 1. The van der Waals surface area contributed by atoms with Gasteiger partial charge in [-0.05, 0) is 84.6 Å². The second-order valence-corrected chi connectivity index (χ2v) is 15.4. The summed E-state index contributed by atoms with van der Waals surface area (Å²) in [7, 11) is -5.04. The number of methoxy groups -OCH3 is 1. The molecule has 1 saturated heterocycles. The van der Waals surface area contributed by atoms with Crippen molar-refractivity contribution in [1.82, 2.24) is 20.2 Å². The van der Waals surface area contributed by atoms with Gasteiger partial charge < -0.3 is 28.8 Å². The molecule has 1 aliphatic carbocycles. The number of hydrogen-bond acceptors (Lipinski definition) is 10. The molecular weight excluding hydrogens is 698 g/mol. The number of amides is 2. The number of anilines is 1. The Morgan fingerprint density at radius 3 is 2.33 bits per heavy atom. The van der Waals surface area contributed by atoms with Crippen molar-refractivity contribution in [2.75, 3.05) is 31.6 Å². The molecule has 5 rings (SSSR count). The average molecular weight is 740 g/mol. The van der Waals surface area contributed by atoms with Gasteiger partial charge in [-0.3, -0.25) is 9.78 Å². The molecule has 2 atom stereocenters. The highest BCUT2D eigenvalue weighted by Crippen LogP contribution is 2.46. The standard InChI is InChI=1S/C34H41F4N5O7S/c1-18-16-23-28(27(39-18)21-8-9-21)41-31(50-51(46,47)34(36,37)38)26(30(44)40-20(3)22-10-11-24(35)25(17-22)48-7)29(23)42-13-12-19(2)43(15-14-42)32(45)49-33(4,5)6/h10-11,16-17,19-21H,8-9,12-15H2,1-7H3,(H,40,44)/t19-,20-/m0/s1. The molecule has 278 valence electrons. The molecule has 3 heterocycles. The average Bonchev–Trinajstić information content (AvgIpc) is 3.87. The minimum absolute atomic E-state index is 0.0689. The molecule has 3 aromatic rings. The maximum absolute atomic E-state index is 14.4. The van der Waals surface area contributed by atoms with E-state index < -0.39 is 56.5 Å². The number of aryl methyl sites for hydroxylation is 1. The number of halogens is 4. The Morgan fingerprint density at radius 2 is 1.73 bits per heavy atom. The molecule has 12 nitrogen and oxygen atoms in total. The molecule has 17 heteroatoms. The first-order valence-corrected chi connectivity index (χ1v) is 17.9. The van der Waals surface area contributed by atoms with Crippen LogP contribution in [0.1, 0.15) is 93.2 Å². The van der Waals surface area contributed by atoms with Gasteiger partial charge >= 0.3 is 21.7 Å². The minimum atomic E-state index is -6.31. The highest BCUT2D eigenvalue weighted by atomic mass is 32.2. The topological polar surface area (TPSA) is 140 Å². The van der Waals surface area contributed by atoms with Gasteiger partial charge in [0.2, 0.25) is 5.88 Å². The lowest BCUT2D eigenvalue weighted by Crippen LogP contribution is -2.43. The van der Waals surface area contributed by atoms with Crippen LogP contribution in [-0.2, 0) is 14.9 Å². The Hall–Kier alpha value is -4.41. The lowest BCUT2D eigenvalue weighted by Gasteiger charge is -2.30. The van der Waals surface area contributed by atoms with Gasteiger partial charge in [0.15, 0.2) is 11.6 Å². The van der Waals surface area contributed by atoms with Crippen molar-refractivity contribution >= 4 is 38.7 Å². The molecule has 2 aromatic heterocycles. The fourth-order valence-corrected chi connectivity index (χ4v) is 6.36. The van der Waals surface area contributed by atoms with Crippen LogP contribution in [0.2, 0.25) is 0 Å². The first kappa shape index (κ1) is 37.8. The van der Waals surface area contributed by atoms with E-state index in [9.17, 15) is 35.6 Å². The Morgan fingerprint density at radius 1 is 1.04 bits per heavy atom. The molecule has 2 fully saturated rings. The van der Waals surface area contributed by atoms with Gasteiger partial charge in [-0.2, -0.15) is 21.6 Å². The van der Waals surface area contributed by atoms with Crippen LogP contribution in [0, 0.1) is 12.7 Å². The number of alkyl halides is 3. The van der Waals surface area contributed by atoms with E-state index in [1.807, 2.05) is 6.92 Å². The van der Waals surface area contributed by atoms with Gasteiger partial charge in [0.25, 0.3) is 5.91 Å². The molecule has 51 heavy (non-hydrogen) atoms. The Bertz CT molecular complexity index is 1950. The highest BCUT2D eigenvalue weighted by molar-refractivity contribution is 7.88. The van der Waals surface area contributed by atoms with Gasteiger partial charge in [-0.1, -0.05) is 6.07 Å². The molecule has 1 aliphatic heterocycles. The molecule has 2 aliphatic rings. The molecule has 2 amide bonds. The Kier molecular flexibility index (Phi) is 10.4. The number of rotatable bonds is 8. The third-order valence-corrected chi connectivity index (χ3v) is 9.60. The van der Waals surface area contributed by atoms with Crippen LogP contribution in [0.25, 0.3) is 10.9 Å². The fraction of sp³-hybridized carbons (Fsp3) is 0.529. The fourth-order valence-electron chi connectivity index (χ4n) is 5.94. The van der Waals surface area contributed by atoms with E-state index in [1.165, 1.54) is 24.1 Å². The van der Waals surface area contributed by atoms with Gasteiger partial charge in [0, 0.05) is 42.7 Å². The van der Waals surface area contributed by atoms with Crippen molar-refractivity contribution in [1.29, 1.82) is 0 Å². The number of benzene rings is 1. The van der Waals surface area contributed by atoms with Crippen LogP contribution in [0.15, 0.2) is 24.3 Å². The van der Waals surface area contributed by atoms with Crippen LogP contribution in [0.4, 0.5) is 28.0 Å². The second-order valence-electron chi connectivity index (χ2n) is 13.8. The maximum Gasteiger partial charge on any atom is 0.534 e. The summed E-state index contributed by atoms with van der Waals surface area (Å²) in [5.41, 5.74) is -5.65. The summed E-state index contributed by atoms with van der Waals surface area (Å²) < 4.78 is 96.0. The van der Waals surface area contributed by atoms with E-state index >= 15 is 0 Å². The molecule has 0 radical (unpaired) electrons. The second kappa shape index (κ2) is 14.0. The predicted molar refractivity (Wildman–Crippen MR) is 180 cm³/mol. The smallest absolute Gasteiger partial charge is 0.494 e. The molecule has 0 unspecified atom stereocenters. The Balaban J connectivity index is 1.71. The number of pyridine rings is 2. The predicted octanol–water partition coefficient (Wildman–Crippen LogP) is 6.52. The van der Waals surface area contributed by atoms with Crippen LogP contribution >= 0.6 is 0 Å². The molecule has 0 bridgehead atoms. The van der Waals surface area contributed by atoms with Crippen molar-refractivity contribution in [2.24, 2.45) is 0 Å². The SMILES string of the molecule is COc1cc([C@H](C)NC(=O)c2c(OS(=O)(=O)C(F)(F)F)nc3c(C4CC4)nc(C)cc3c2N2CC[C@H](C)N(C(=O)OC(C)(C)C)CC2)ccc1F. The minimum Gasteiger partial charge on any atom is -0.494 e. The lowest BCUT2D eigenvalue weighted by atomic mass is 10.0. The summed E-state index contributed by atoms with van der Waals surface area (Å²) in [5, 5.41) is 3.04. The third-order valence-electron chi connectivity index (χ3n) is 8.66. The zero-order chi connectivity index (χ0) is 37.6. The van der Waals surface area contributed by atoms with Gasteiger partial charge in [-0.15, -0.1) is 0 Å². The van der Waals surface area contributed by atoms with Crippen molar-refractivity contribution in [3.63, 3.8) is 0 Å². The largest absolute Gasteiger partial charge is 0.534 e. The summed E-state index contributed by atoms with van der Waals surface area (Å²) in [6.07, 6.45) is 1.25. The van der Waals surface area contributed by atoms with Crippen LogP contribution in [-0.4, -0.2) is 79.2 Å². The van der Waals surface area contributed by atoms with E-state index in [2.05, 4.69) is 15.3 Å². The Labute approximate surface area is 293 Å². The number of carbonyl (C=O) groups excluding carboxylic acids is 2. The van der Waals surface area contributed by atoms with E-state index in [0.29, 0.717) is 28.8 Å². The van der Waals surface area contributed by atoms with Crippen molar-refractivity contribution < 1.29 is 49.2 Å². The van der Waals surface area contributed by atoms with E-state index in [1.54, 1.807) is 45.6 Å². The van der Waals surface area contributed by atoms with Crippen molar-refractivity contribution in [3.8, 4) is 11.6 Å². The number of aromatic nitrogens is 2. The summed E-state index contributed by atoms with van der Waals surface area (Å²) in [4.78, 5) is 39.7. The van der Waals surface area contributed by atoms with Crippen LogP contribution in [0.5, 0.6) is 11.6 Å². The highest BCUT2D eigenvalue weighted by Gasteiger charge is 2.50. The van der Waals surface area contributed by atoms with Gasteiger partial charge in [-0.25, -0.2) is 14.2 Å². The molecule has 1 saturated carbocycles. The molecule has 0 spiro atoms. The quantitative estimate of drug-likeness (QED) is 0.154. The first-order chi connectivity index (χ1) is 23.7. The number of ether oxygens (including phenoxy) is 2. The summed E-state index contributed by atoms with van der Waals surface area (Å²) >= 11 is 0.